The lowest BCUT2D eigenvalue weighted by atomic mass is 9.94. The Kier molecular flexibility index (Phi) is 4.25. The van der Waals surface area contributed by atoms with Crippen LogP contribution in [-0.4, -0.2) is 23.9 Å². The minimum absolute atomic E-state index is 0.0809. The highest BCUT2D eigenvalue weighted by Crippen LogP contribution is 2.24. The summed E-state index contributed by atoms with van der Waals surface area (Å²) in [6.45, 7) is 7.81. The first-order valence-electron chi connectivity index (χ1n) is 7.10. The second kappa shape index (κ2) is 5.74. The van der Waals surface area contributed by atoms with Crippen molar-refractivity contribution in [3.8, 4) is 0 Å². The van der Waals surface area contributed by atoms with E-state index >= 15 is 0 Å². The van der Waals surface area contributed by atoms with Crippen LogP contribution >= 0.6 is 0 Å². The van der Waals surface area contributed by atoms with Crippen LogP contribution in [0, 0.1) is 20.8 Å². The smallest absolute Gasteiger partial charge is 0.222 e. The minimum Gasteiger partial charge on any atom is -0.341 e. The average molecular weight is 260 g/mol. The van der Waals surface area contributed by atoms with E-state index in [1.54, 1.807) is 0 Å². The molecule has 2 rings (SSSR count). The van der Waals surface area contributed by atoms with Gasteiger partial charge in [-0.2, -0.15) is 0 Å². The molecule has 1 aromatic carbocycles. The fraction of sp³-hybridized carbons (Fsp3) is 0.562. The molecule has 1 saturated heterocycles. The summed E-state index contributed by atoms with van der Waals surface area (Å²) >= 11 is 0. The van der Waals surface area contributed by atoms with Gasteiger partial charge in [0, 0.05) is 25.6 Å². The molecule has 0 spiro atoms. The summed E-state index contributed by atoms with van der Waals surface area (Å²) in [7, 11) is 0. The molecular weight excluding hydrogens is 236 g/mol. The maximum Gasteiger partial charge on any atom is 0.222 e. The number of carbonyl (C=O) groups excluding carboxylic acids is 1. The summed E-state index contributed by atoms with van der Waals surface area (Å²) < 4.78 is 0. The molecule has 3 nitrogen and oxygen atoms in total. The highest BCUT2D eigenvalue weighted by molar-refractivity contribution is 5.76. The molecule has 1 aliphatic rings. The zero-order valence-electron chi connectivity index (χ0n) is 12.2. The molecule has 1 aliphatic heterocycles. The topological polar surface area (TPSA) is 46.3 Å². The highest BCUT2D eigenvalue weighted by Gasteiger charge is 2.22. The summed E-state index contributed by atoms with van der Waals surface area (Å²) in [6, 6.07) is 4.25. The number of carbonyl (C=O) groups is 1. The van der Waals surface area contributed by atoms with Crippen molar-refractivity contribution in [3.05, 3.63) is 34.4 Å². The van der Waals surface area contributed by atoms with Gasteiger partial charge >= 0.3 is 0 Å². The van der Waals surface area contributed by atoms with Crippen molar-refractivity contribution in [3.63, 3.8) is 0 Å². The van der Waals surface area contributed by atoms with E-state index in [9.17, 15) is 4.79 Å². The average Bonchev–Trinajstić information content (AvgIpc) is 2.30. The summed E-state index contributed by atoms with van der Waals surface area (Å²) in [5.41, 5.74) is 11.3. The third kappa shape index (κ3) is 3.16. The summed E-state index contributed by atoms with van der Waals surface area (Å²) in [6.07, 6.45) is 2.80. The predicted octanol–water partition coefficient (Wildman–Crippen LogP) is 2.62. The van der Waals surface area contributed by atoms with Crippen LogP contribution in [0.2, 0.25) is 0 Å². The van der Waals surface area contributed by atoms with Crippen LogP contribution < -0.4 is 5.73 Å². The lowest BCUT2D eigenvalue weighted by Gasteiger charge is -2.30. The number of rotatable bonds is 3. The molecule has 1 fully saturated rings. The van der Waals surface area contributed by atoms with E-state index in [1.807, 2.05) is 4.90 Å². The molecular formula is C16H24N2O. The Morgan fingerprint density at radius 1 is 1.21 bits per heavy atom. The Morgan fingerprint density at radius 2 is 1.84 bits per heavy atom. The summed E-state index contributed by atoms with van der Waals surface area (Å²) in [5.74, 6) is 0.254. The van der Waals surface area contributed by atoms with Crippen LogP contribution in [0.15, 0.2) is 12.1 Å². The number of hydrogen-bond acceptors (Lipinski definition) is 2. The number of likely N-dealkylation sites (tertiary alicyclic amines) is 1. The molecule has 1 unspecified atom stereocenters. The minimum atomic E-state index is -0.0809. The SMILES string of the molecule is Cc1cc(C)c(C(N)CN2CCCCC2=O)c(C)c1. The largest absolute Gasteiger partial charge is 0.341 e. The van der Waals surface area contributed by atoms with Crippen LogP contribution in [0.3, 0.4) is 0 Å². The Labute approximate surface area is 115 Å². The van der Waals surface area contributed by atoms with Gasteiger partial charge in [0.1, 0.15) is 0 Å². The first kappa shape index (κ1) is 14.1. The molecule has 0 aromatic heterocycles. The van der Waals surface area contributed by atoms with Gasteiger partial charge in [-0.25, -0.2) is 0 Å². The van der Waals surface area contributed by atoms with Crippen LogP contribution in [0.25, 0.3) is 0 Å². The van der Waals surface area contributed by atoms with Crippen molar-refractivity contribution >= 4 is 5.91 Å². The van der Waals surface area contributed by atoms with Crippen LogP contribution in [0.5, 0.6) is 0 Å². The Hall–Kier alpha value is -1.35. The number of nitrogens with two attached hydrogens (primary N) is 1. The fourth-order valence-corrected chi connectivity index (χ4v) is 3.16. The van der Waals surface area contributed by atoms with Crippen LogP contribution in [0.1, 0.15) is 47.6 Å². The third-order valence-electron chi connectivity index (χ3n) is 3.95. The molecule has 2 N–H and O–H groups in total. The third-order valence-corrected chi connectivity index (χ3v) is 3.95. The predicted molar refractivity (Wildman–Crippen MR) is 78.0 cm³/mol. The quantitative estimate of drug-likeness (QED) is 0.908. The lowest BCUT2D eigenvalue weighted by molar-refractivity contribution is -0.133. The summed E-state index contributed by atoms with van der Waals surface area (Å²) in [4.78, 5) is 13.8. The Bertz CT molecular complexity index is 459. The van der Waals surface area contributed by atoms with E-state index in [1.165, 1.54) is 22.3 Å². The Morgan fingerprint density at radius 3 is 2.42 bits per heavy atom. The van der Waals surface area contributed by atoms with Gasteiger partial charge in [0.05, 0.1) is 0 Å². The number of nitrogens with zero attached hydrogens (tertiary/aromatic N) is 1. The molecule has 0 saturated carbocycles. The number of benzene rings is 1. The van der Waals surface area contributed by atoms with Crippen molar-refractivity contribution in [2.75, 3.05) is 13.1 Å². The fourth-order valence-electron chi connectivity index (χ4n) is 3.16. The highest BCUT2D eigenvalue weighted by atomic mass is 16.2. The monoisotopic (exact) mass is 260 g/mol. The molecule has 1 atom stereocenters. The molecule has 104 valence electrons. The number of hydrogen-bond donors (Lipinski definition) is 1. The van der Waals surface area contributed by atoms with E-state index in [0.29, 0.717) is 13.0 Å². The van der Waals surface area contributed by atoms with Gasteiger partial charge in [0.15, 0.2) is 0 Å². The van der Waals surface area contributed by atoms with Crippen LogP contribution in [0.4, 0.5) is 0 Å². The van der Waals surface area contributed by atoms with Crippen LogP contribution in [-0.2, 0) is 4.79 Å². The normalized spacial score (nSPS) is 17.7. The zero-order chi connectivity index (χ0) is 14.0. The van der Waals surface area contributed by atoms with Gasteiger partial charge in [-0.3, -0.25) is 4.79 Å². The van der Waals surface area contributed by atoms with E-state index in [0.717, 1.165) is 19.4 Å². The van der Waals surface area contributed by atoms with Gasteiger partial charge < -0.3 is 10.6 Å². The molecule has 3 heteroatoms. The zero-order valence-corrected chi connectivity index (χ0v) is 12.2. The first-order valence-corrected chi connectivity index (χ1v) is 7.10. The second-order valence-corrected chi connectivity index (χ2v) is 5.72. The van der Waals surface area contributed by atoms with Gasteiger partial charge in [-0.05, 0) is 50.3 Å². The second-order valence-electron chi connectivity index (χ2n) is 5.72. The van der Waals surface area contributed by atoms with Crippen molar-refractivity contribution in [1.82, 2.24) is 4.90 Å². The van der Waals surface area contributed by atoms with E-state index in [-0.39, 0.29) is 11.9 Å². The van der Waals surface area contributed by atoms with Crippen molar-refractivity contribution in [1.29, 1.82) is 0 Å². The molecule has 19 heavy (non-hydrogen) atoms. The maximum atomic E-state index is 11.9. The number of aryl methyl sites for hydroxylation is 3. The lowest BCUT2D eigenvalue weighted by Crippen LogP contribution is -2.40. The van der Waals surface area contributed by atoms with Crippen molar-refractivity contribution < 1.29 is 4.79 Å². The Balaban J connectivity index is 2.15. The van der Waals surface area contributed by atoms with E-state index in [4.69, 9.17) is 5.73 Å². The van der Waals surface area contributed by atoms with E-state index in [2.05, 4.69) is 32.9 Å². The standard InChI is InChI=1S/C16H24N2O/c1-11-8-12(2)16(13(3)9-11)14(17)10-18-7-5-4-6-15(18)19/h8-9,14H,4-7,10,17H2,1-3H3. The molecule has 1 aromatic rings. The molecule has 0 bridgehead atoms. The first-order chi connectivity index (χ1) is 8.99. The van der Waals surface area contributed by atoms with Crippen molar-refractivity contribution in [2.45, 2.75) is 46.1 Å². The maximum absolute atomic E-state index is 11.9. The van der Waals surface area contributed by atoms with Gasteiger partial charge in [0.25, 0.3) is 0 Å². The van der Waals surface area contributed by atoms with Crippen molar-refractivity contribution in [2.24, 2.45) is 5.73 Å². The number of amides is 1. The number of piperidine rings is 1. The molecule has 1 heterocycles. The molecule has 0 aliphatic carbocycles. The van der Waals surface area contributed by atoms with E-state index < -0.39 is 0 Å². The summed E-state index contributed by atoms with van der Waals surface area (Å²) in [5, 5.41) is 0. The molecule has 0 radical (unpaired) electrons. The van der Waals surface area contributed by atoms with Gasteiger partial charge in [-0.15, -0.1) is 0 Å². The molecule has 1 amide bonds. The van der Waals surface area contributed by atoms with Gasteiger partial charge in [-0.1, -0.05) is 17.7 Å². The van der Waals surface area contributed by atoms with Gasteiger partial charge in [0.2, 0.25) is 5.91 Å².